The lowest BCUT2D eigenvalue weighted by molar-refractivity contribution is 0.471. The van der Waals surface area contributed by atoms with E-state index < -0.39 is 10.0 Å². The molecule has 4 rings (SSSR count). The second-order valence-electron chi connectivity index (χ2n) is 7.35. The molecule has 1 aliphatic rings. The minimum absolute atomic E-state index is 0.166. The second kappa shape index (κ2) is 7.53. The van der Waals surface area contributed by atoms with Crippen LogP contribution in [0.25, 0.3) is 11.3 Å². The number of aromatic amines is 1. The van der Waals surface area contributed by atoms with Gasteiger partial charge in [0.1, 0.15) is 5.82 Å². The molecule has 1 aromatic carbocycles. The van der Waals surface area contributed by atoms with Gasteiger partial charge >= 0.3 is 0 Å². The Hall–Kier alpha value is -2.84. The summed E-state index contributed by atoms with van der Waals surface area (Å²) in [6.45, 7) is 4.53. The van der Waals surface area contributed by atoms with Gasteiger partial charge in [0.15, 0.2) is 0 Å². The zero-order valence-electron chi connectivity index (χ0n) is 16.3. The topological polar surface area (TPSA) is 96.0 Å². The molecular weight excluding hydrogens is 388 g/mol. The van der Waals surface area contributed by atoms with Gasteiger partial charge in [-0.2, -0.15) is 4.31 Å². The summed E-state index contributed by atoms with van der Waals surface area (Å²) in [6.07, 6.45) is 3.91. The van der Waals surface area contributed by atoms with Gasteiger partial charge in [0.25, 0.3) is 5.56 Å². The van der Waals surface area contributed by atoms with Crippen molar-refractivity contribution in [2.75, 3.05) is 13.1 Å². The number of aromatic nitrogens is 3. The first-order valence-corrected chi connectivity index (χ1v) is 10.9. The molecule has 29 heavy (non-hydrogen) atoms. The van der Waals surface area contributed by atoms with E-state index >= 15 is 0 Å². The van der Waals surface area contributed by atoms with E-state index in [1.807, 2.05) is 26.0 Å². The average molecular weight is 410 g/mol. The Kier molecular flexibility index (Phi) is 5.06. The molecule has 2 aromatic heterocycles. The summed E-state index contributed by atoms with van der Waals surface area (Å²) in [6, 6.07) is 10.2. The van der Waals surface area contributed by atoms with Crippen LogP contribution in [0.1, 0.15) is 29.3 Å². The molecular formula is C21H22N4O3S. The number of aryl methyl sites for hydroxylation is 2. The maximum absolute atomic E-state index is 13.1. The molecule has 0 saturated carbocycles. The first kappa shape index (κ1) is 19.5. The van der Waals surface area contributed by atoms with Gasteiger partial charge in [-0.25, -0.2) is 13.4 Å². The summed E-state index contributed by atoms with van der Waals surface area (Å²) in [7, 11) is -3.59. The van der Waals surface area contributed by atoms with Gasteiger partial charge in [0.2, 0.25) is 10.0 Å². The van der Waals surface area contributed by atoms with Gasteiger partial charge in [-0.15, -0.1) is 0 Å². The Labute approximate surface area is 169 Å². The van der Waals surface area contributed by atoms with Crippen molar-refractivity contribution in [1.29, 1.82) is 0 Å². The van der Waals surface area contributed by atoms with Gasteiger partial charge in [0, 0.05) is 43.0 Å². The number of rotatable bonds is 4. The SMILES string of the molecule is Cc1ccc(S(=O)(=O)N2CC[C@H](c3nc(-c4cccnc4)cc(=O)[nH]3)C2)cc1C. The number of pyridine rings is 1. The molecule has 0 unspecified atom stereocenters. The summed E-state index contributed by atoms with van der Waals surface area (Å²) in [5.74, 6) is 0.342. The Morgan fingerprint density at radius 1 is 1.14 bits per heavy atom. The third-order valence-electron chi connectivity index (χ3n) is 5.37. The van der Waals surface area contributed by atoms with Crippen LogP contribution in [0, 0.1) is 13.8 Å². The number of sulfonamides is 1. The molecule has 0 spiro atoms. The van der Waals surface area contributed by atoms with Gasteiger partial charge in [-0.3, -0.25) is 9.78 Å². The highest BCUT2D eigenvalue weighted by Crippen LogP contribution is 2.30. The summed E-state index contributed by atoms with van der Waals surface area (Å²) in [5, 5.41) is 0. The standard InChI is InChI=1S/C21H22N4O3S/c1-14-5-6-18(10-15(14)2)29(27,28)25-9-7-17(13-25)21-23-19(11-20(26)24-21)16-4-3-8-22-12-16/h3-6,8,10-12,17H,7,9,13H2,1-2H3,(H,23,24,26)/t17-/m0/s1. The highest BCUT2D eigenvalue weighted by molar-refractivity contribution is 7.89. The lowest BCUT2D eigenvalue weighted by atomic mass is 10.1. The molecule has 0 radical (unpaired) electrons. The predicted molar refractivity (Wildman–Crippen MR) is 110 cm³/mol. The highest BCUT2D eigenvalue weighted by Gasteiger charge is 2.34. The van der Waals surface area contributed by atoms with Crippen LogP contribution in [0.4, 0.5) is 0 Å². The summed E-state index contributed by atoms with van der Waals surface area (Å²) in [5.41, 5.74) is 3.02. The van der Waals surface area contributed by atoms with E-state index in [1.165, 1.54) is 10.4 Å². The van der Waals surface area contributed by atoms with Crippen LogP contribution in [-0.4, -0.2) is 40.8 Å². The first-order chi connectivity index (χ1) is 13.8. The van der Waals surface area contributed by atoms with Crippen molar-refractivity contribution in [2.24, 2.45) is 0 Å². The van der Waals surface area contributed by atoms with E-state index in [9.17, 15) is 13.2 Å². The van der Waals surface area contributed by atoms with Crippen molar-refractivity contribution in [3.63, 3.8) is 0 Å². The Bertz CT molecular complexity index is 1210. The Morgan fingerprint density at radius 2 is 1.97 bits per heavy atom. The van der Waals surface area contributed by atoms with E-state index in [-0.39, 0.29) is 18.0 Å². The molecule has 1 N–H and O–H groups in total. The minimum Gasteiger partial charge on any atom is -0.310 e. The fourth-order valence-electron chi connectivity index (χ4n) is 3.53. The largest absolute Gasteiger partial charge is 0.310 e. The third kappa shape index (κ3) is 3.86. The van der Waals surface area contributed by atoms with Crippen molar-refractivity contribution in [2.45, 2.75) is 31.1 Å². The fraction of sp³-hybridized carbons (Fsp3) is 0.286. The van der Waals surface area contributed by atoms with Gasteiger partial charge < -0.3 is 4.98 Å². The maximum Gasteiger partial charge on any atom is 0.251 e. The molecule has 3 heterocycles. The van der Waals surface area contributed by atoms with Crippen molar-refractivity contribution >= 4 is 10.0 Å². The molecule has 1 aliphatic heterocycles. The summed E-state index contributed by atoms with van der Waals surface area (Å²) < 4.78 is 27.6. The normalized spacial score (nSPS) is 17.5. The van der Waals surface area contributed by atoms with Crippen LogP contribution in [-0.2, 0) is 10.0 Å². The second-order valence-corrected chi connectivity index (χ2v) is 9.29. The van der Waals surface area contributed by atoms with Crippen LogP contribution >= 0.6 is 0 Å². The van der Waals surface area contributed by atoms with Crippen molar-refractivity contribution in [3.05, 3.63) is 76.1 Å². The molecule has 0 aliphatic carbocycles. The van der Waals surface area contributed by atoms with Crippen molar-refractivity contribution < 1.29 is 8.42 Å². The molecule has 1 atom stereocenters. The monoisotopic (exact) mass is 410 g/mol. The Balaban J connectivity index is 1.61. The van der Waals surface area contributed by atoms with Gasteiger partial charge in [-0.05, 0) is 55.7 Å². The van der Waals surface area contributed by atoms with Crippen LogP contribution in [0.2, 0.25) is 0 Å². The molecule has 150 valence electrons. The minimum atomic E-state index is -3.59. The highest BCUT2D eigenvalue weighted by atomic mass is 32.2. The molecule has 3 aromatic rings. The van der Waals surface area contributed by atoms with E-state index in [0.29, 0.717) is 29.4 Å². The van der Waals surface area contributed by atoms with Crippen LogP contribution in [0.3, 0.4) is 0 Å². The Morgan fingerprint density at radius 3 is 2.69 bits per heavy atom. The van der Waals surface area contributed by atoms with Gasteiger partial charge in [0.05, 0.1) is 10.6 Å². The number of nitrogens with zero attached hydrogens (tertiary/aromatic N) is 3. The number of H-pyrrole nitrogens is 1. The molecule has 1 fully saturated rings. The average Bonchev–Trinajstić information content (AvgIpc) is 3.21. The number of benzene rings is 1. The molecule has 1 saturated heterocycles. The van der Waals surface area contributed by atoms with E-state index in [0.717, 1.165) is 16.7 Å². The lowest BCUT2D eigenvalue weighted by Gasteiger charge is -2.17. The zero-order valence-corrected chi connectivity index (χ0v) is 17.1. The first-order valence-electron chi connectivity index (χ1n) is 9.43. The van der Waals surface area contributed by atoms with Crippen molar-refractivity contribution in [3.8, 4) is 11.3 Å². The summed E-state index contributed by atoms with van der Waals surface area (Å²) >= 11 is 0. The zero-order chi connectivity index (χ0) is 20.6. The number of hydrogen-bond donors (Lipinski definition) is 1. The van der Waals surface area contributed by atoms with E-state index in [2.05, 4.69) is 15.0 Å². The van der Waals surface area contributed by atoms with Crippen LogP contribution in [0.15, 0.2) is 58.5 Å². The van der Waals surface area contributed by atoms with E-state index in [1.54, 1.807) is 30.6 Å². The van der Waals surface area contributed by atoms with E-state index in [4.69, 9.17) is 0 Å². The lowest BCUT2D eigenvalue weighted by Crippen LogP contribution is -2.29. The predicted octanol–water partition coefficient (Wildman–Crippen LogP) is 2.63. The van der Waals surface area contributed by atoms with Crippen LogP contribution in [0.5, 0.6) is 0 Å². The molecule has 0 bridgehead atoms. The van der Waals surface area contributed by atoms with Gasteiger partial charge in [-0.1, -0.05) is 6.07 Å². The number of hydrogen-bond acceptors (Lipinski definition) is 5. The fourth-order valence-corrected chi connectivity index (χ4v) is 5.11. The molecule has 0 amide bonds. The van der Waals surface area contributed by atoms with Crippen LogP contribution < -0.4 is 5.56 Å². The number of nitrogens with one attached hydrogen (secondary N) is 1. The summed E-state index contributed by atoms with van der Waals surface area (Å²) in [4.78, 5) is 23.9. The maximum atomic E-state index is 13.1. The quantitative estimate of drug-likeness (QED) is 0.713. The molecule has 8 heteroatoms. The molecule has 7 nitrogen and oxygen atoms in total. The van der Waals surface area contributed by atoms with Crippen molar-refractivity contribution in [1.82, 2.24) is 19.3 Å². The smallest absolute Gasteiger partial charge is 0.251 e. The third-order valence-corrected chi connectivity index (χ3v) is 7.23.